The summed E-state index contributed by atoms with van der Waals surface area (Å²) in [4.78, 5) is 26.6. The summed E-state index contributed by atoms with van der Waals surface area (Å²) in [5, 5.41) is -0.245. The number of carbonyl (C=O) groups excluding carboxylic acids is 1. The van der Waals surface area contributed by atoms with Crippen LogP contribution in [0, 0.1) is 5.82 Å². The molecule has 2 heterocycles. The number of aromatic nitrogens is 2. The number of nitrogens with zero attached hydrogens (tertiary/aromatic N) is 2. The predicted molar refractivity (Wildman–Crippen MR) is 66.7 cm³/mol. The van der Waals surface area contributed by atoms with Crippen molar-refractivity contribution in [3.63, 3.8) is 0 Å². The molecule has 0 aliphatic carbocycles. The van der Waals surface area contributed by atoms with Gasteiger partial charge in [0.05, 0.1) is 10.9 Å². The Hall–Kier alpha value is -1.75. The summed E-state index contributed by atoms with van der Waals surface area (Å²) in [6, 6.07) is 0.972. The van der Waals surface area contributed by atoms with Crippen LogP contribution in [-0.2, 0) is 0 Å². The average Bonchev–Trinajstić information content (AvgIpc) is 2.32. The third-order valence-corrected chi connectivity index (χ3v) is 2.89. The van der Waals surface area contributed by atoms with Crippen molar-refractivity contribution >= 4 is 28.9 Å². The largest absolute Gasteiger partial charge is 0.329 e. The van der Waals surface area contributed by atoms with Gasteiger partial charge in [-0.2, -0.15) is 0 Å². The van der Waals surface area contributed by atoms with Crippen molar-refractivity contribution in [3.8, 4) is 0 Å². The summed E-state index contributed by atoms with van der Waals surface area (Å²) in [6.07, 6.45) is 1.86. The third-order valence-electron chi connectivity index (χ3n) is 2.63. The highest BCUT2D eigenvalue weighted by Gasteiger charge is 2.14. The van der Waals surface area contributed by atoms with E-state index >= 15 is 0 Å². The fourth-order valence-corrected chi connectivity index (χ4v) is 1.86. The van der Waals surface area contributed by atoms with E-state index in [9.17, 15) is 14.0 Å². The Morgan fingerprint density at radius 3 is 2.72 bits per heavy atom. The lowest BCUT2D eigenvalue weighted by Crippen LogP contribution is -2.17. The van der Waals surface area contributed by atoms with Gasteiger partial charge in [-0.25, -0.2) is 9.37 Å². The molecule has 18 heavy (non-hydrogen) atoms. The Labute approximate surface area is 107 Å². The summed E-state index contributed by atoms with van der Waals surface area (Å²) in [7, 11) is 0. The SMILES string of the molecule is CC(C)n1cc(C=O)c(=O)c2cc(F)c(Cl)nc21. The minimum atomic E-state index is -0.778. The van der Waals surface area contributed by atoms with Crippen molar-refractivity contribution in [1.82, 2.24) is 9.55 Å². The normalized spacial score (nSPS) is 11.2. The first-order chi connectivity index (χ1) is 8.45. The molecular weight excluding hydrogens is 259 g/mol. The molecule has 94 valence electrons. The van der Waals surface area contributed by atoms with Crippen LogP contribution >= 0.6 is 11.6 Å². The van der Waals surface area contributed by atoms with E-state index in [4.69, 9.17) is 11.6 Å². The molecule has 0 bridgehead atoms. The lowest BCUT2D eigenvalue weighted by molar-refractivity contribution is 0.112. The van der Waals surface area contributed by atoms with Gasteiger partial charge in [0.25, 0.3) is 0 Å². The lowest BCUT2D eigenvalue weighted by Gasteiger charge is -2.14. The number of carbonyl (C=O) groups is 1. The maximum atomic E-state index is 13.4. The molecule has 0 saturated heterocycles. The van der Waals surface area contributed by atoms with Crippen molar-refractivity contribution in [1.29, 1.82) is 0 Å². The van der Waals surface area contributed by atoms with Gasteiger partial charge < -0.3 is 4.57 Å². The van der Waals surface area contributed by atoms with Crippen LogP contribution in [0.15, 0.2) is 17.1 Å². The molecule has 4 nitrogen and oxygen atoms in total. The van der Waals surface area contributed by atoms with Gasteiger partial charge >= 0.3 is 0 Å². The lowest BCUT2D eigenvalue weighted by atomic mass is 10.2. The zero-order valence-corrected chi connectivity index (χ0v) is 10.5. The predicted octanol–water partition coefficient (Wildman–Crippen LogP) is 2.58. The Kier molecular flexibility index (Phi) is 3.17. The van der Waals surface area contributed by atoms with Gasteiger partial charge in [0.1, 0.15) is 5.65 Å². The van der Waals surface area contributed by atoms with Crippen LogP contribution in [0.25, 0.3) is 11.0 Å². The quantitative estimate of drug-likeness (QED) is 0.621. The zero-order chi connectivity index (χ0) is 13.4. The monoisotopic (exact) mass is 268 g/mol. The topological polar surface area (TPSA) is 52.0 Å². The highest BCUT2D eigenvalue weighted by atomic mass is 35.5. The fourth-order valence-electron chi connectivity index (χ4n) is 1.72. The second kappa shape index (κ2) is 4.49. The second-order valence-corrected chi connectivity index (χ2v) is 4.52. The maximum absolute atomic E-state index is 13.4. The van der Waals surface area contributed by atoms with E-state index in [1.807, 2.05) is 13.8 Å². The molecule has 2 rings (SSSR count). The minimum Gasteiger partial charge on any atom is -0.329 e. The molecule has 0 fully saturated rings. The number of aldehydes is 1. The van der Waals surface area contributed by atoms with E-state index in [0.29, 0.717) is 6.29 Å². The molecule has 0 saturated carbocycles. The molecule has 0 radical (unpaired) electrons. The highest BCUT2D eigenvalue weighted by Crippen LogP contribution is 2.20. The van der Waals surface area contributed by atoms with Crippen molar-refractivity contribution in [2.75, 3.05) is 0 Å². The highest BCUT2D eigenvalue weighted by molar-refractivity contribution is 6.29. The molecule has 2 aromatic rings. The van der Waals surface area contributed by atoms with Gasteiger partial charge in [-0.1, -0.05) is 11.6 Å². The number of rotatable bonds is 2. The van der Waals surface area contributed by atoms with E-state index < -0.39 is 11.2 Å². The van der Waals surface area contributed by atoms with Gasteiger partial charge in [0.2, 0.25) is 5.43 Å². The Bertz CT molecular complexity index is 695. The molecule has 0 aliphatic rings. The Balaban J connectivity index is 3.01. The average molecular weight is 269 g/mol. The summed E-state index contributed by atoms with van der Waals surface area (Å²) in [5.41, 5.74) is -0.299. The number of hydrogen-bond acceptors (Lipinski definition) is 3. The zero-order valence-electron chi connectivity index (χ0n) is 9.78. The number of hydrogen-bond donors (Lipinski definition) is 0. The first kappa shape index (κ1) is 12.7. The molecule has 0 unspecified atom stereocenters. The van der Waals surface area contributed by atoms with Gasteiger partial charge in [0.15, 0.2) is 17.3 Å². The minimum absolute atomic E-state index is 0.0280. The van der Waals surface area contributed by atoms with Crippen LogP contribution in [0.4, 0.5) is 4.39 Å². The van der Waals surface area contributed by atoms with E-state index in [0.717, 1.165) is 6.07 Å². The third kappa shape index (κ3) is 1.90. The molecule has 2 aromatic heterocycles. The molecule has 0 atom stereocenters. The summed E-state index contributed by atoms with van der Waals surface area (Å²) >= 11 is 5.62. The van der Waals surface area contributed by atoms with Crippen LogP contribution in [0.3, 0.4) is 0 Å². The van der Waals surface area contributed by atoms with Crippen molar-refractivity contribution < 1.29 is 9.18 Å². The molecule has 6 heteroatoms. The number of fused-ring (bicyclic) bond motifs is 1. The Morgan fingerprint density at radius 1 is 1.50 bits per heavy atom. The number of halogens is 2. The van der Waals surface area contributed by atoms with Gasteiger partial charge in [0, 0.05) is 12.2 Å². The smallest absolute Gasteiger partial charge is 0.201 e. The summed E-state index contributed by atoms with van der Waals surface area (Å²) in [5.74, 6) is -0.778. The molecule has 0 aromatic carbocycles. The van der Waals surface area contributed by atoms with Crippen LogP contribution in [0.1, 0.15) is 30.2 Å². The van der Waals surface area contributed by atoms with Gasteiger partial charge in [-0.3, -0.25) is 9.59 Å². The van der Waals surface area contributed by atoms with Crippen molar-refractivity contribution in [2.24, 2.45) is 0 Å². The van der Waals surface area contributed by atoms with Gasteiger partial charge in [-0.05, 0) is 19.9 Å². The van der Waals surface area contributed by atoms with E-state index in [-0.39, 0.29) is 27.8 Å². The van der Waals surface area contributed by atoms with Crippen LogP contribution < -0.4 is 5.43 Å². The number of pyridine rings is 2. The summed E-state index contributed by atoms with van der Waals surface area (Å²) in [6.45, 7) is 3.72. The van der Waals surface area contributed by atoms with E-state index in [1.165, 1.54) is 6.20 Å². The van der Waals surface area contributed by atoms with Gasteiger partial charge in [-0.15, -0.1) is 0 Å². The molecule has 0 spiro atoms. The van der Waals surface area contributed by atoms with E-state index in [2.05, 4.69) is 4.98 Å². The molecule has 0 aliphatic heterocycles. The molecular formula is C12H10ClFN2O2. The second-order valence-electron chi connectivity index (χ2n) is 4.16. The van der Waals surface area contributed by atoms with Crippen LogP contribution in [0.2, 0.25) is 5.15 Å². The van der Waals surface area contributed by atoms with Crippen LogP contribution in [0.5, 0.6) is 0 Å². The van der Waals surface area contributed by atoms with Crippen molar-refractivity contribution in [3.05, 3.63) is 39.0 Å². The molecule has 0 N–H and O–H groups in total. The fraction of sp³-hybridized carbons (Fsp3) is 0.250. The summed E-state index contributed by atoms with van der Waals surface area (Å²) < 4.78 is 15.0. The van der Waals surface area contributed by atoms with Crippen LogP contribution in [-0.4, -0.2) is 15.8 Å². The standard InChI is InChI=1S/C12H10ClFN2O2/c1-6(2)16-4-7(5-17)10(18)8-3-9(14)11(13)15-12(8)16/h3-6H,1-2H3. The first-order valence-electron chi connectivity index (χ1n) is 5.31. The van der Waals surface area contributed by atoms with E-state index in [1.54, 1.807) is 4.57 Å². The Morgan fingerprint density at radius 2 is 2.17 bits per heavy atom. The maximum Gasteiger partial charge on any atom is 0.201 e. The first-order valence-corrected chi connectivity index (χ1v) is 5.69. The van der Waals surface area contributed by atoms with Crippen molar-refractivity contribution in [2.45, 2.75) is 19.9 Å². The molecule has 0 amide bonds.